The van der Waals surface area contributed by atoms with Crippen LogP contribution in [0.5, 0.6) is 0 Å². The molecule has 4 rings (SSSR count). The summed E-state index contributed by atoms with van der Waals surface area (Å²) in [5.41, 5.74) is 0.592. The van der Waals surface area contributed by atoms with Crippen molar-refractivity contribution in [2.45, 2.75) is 38.6 Å². The Morgan fingerprint density at radius 2 is 2.43 bits per heavy atom. The van der Waals surface area contributed by atoms with E-state index in [1.807, 2.05) is 12.3 Å². The van der Waals surface area contributed by atoms with Gasteiger partial charge in [0, 0.05) is 6.20 Å². The van der Waals surface area contributed by atoms with Gasteiger partial charge in [0.15, 0.2) is 5.15 Å². The Bertz CT molecular complexity index is 352. The average Bonchev–Trinajstić information content (AvgIpc) is 2.43. The third-order valence-corrected chi connectivity index (χ3v) is 4.22. The first-order valence-electron chi connectivity index (χ1n) is 5.46. The number of aromatic nitrogens is 2. The monoisotopic (exact) mass is 210 g/mol. The molecule has 2 bridgehead atoms. The van der Waals surface area contributed by atoms with Crippen molar-refractivity contribution in [3.05, 3.63) is 17.4 Å². The highest BCUT2D eigenvalue weighted by Gasteiger charge is 2.65. The first-order chi connectivity index (χ1) is 6.75. The summed E-state index contributed by atoms with van der Waals surface area (Å²) in [6.45, 7) is 2.27. The van der Waals surface area contributed by atoms with Crippen molar-refractivity contribution in [2.24, 2.45) is 11.3 Å². The lowest BCUT2D eigenvalue weighted by Gasteiger charge is -2.68. The van der Waals surface area contributed by atoms with Gasteiger partial charge in [0.25, 0.3) is 0 Å². The largest absolute Gasteiger partial charge is 0.267 e. The minimum atomic E-state index is 0.592. The number of hydrogen-bond donors (Lipinski definition) is 0. The van der Waals surface area contributed by atoms with E-state index in [4.69, 9.17) is 11.6 Å². The Morgan fingerprint density at radius 3 is 2.86 bits per heavy atom. The SMILES string of the molecule is CCCC12CC(C1)C2n1ccc(Cl)n1. The van der Waals surface area contributed by atoms with Crippen LogP contribution in [0.4, 0.5) is 0 Å². The fraction of sp³-hybridized carbons (Fsp3) is 0.727. The molecule has 3 heteroatoms. The zero-order valence-corrected chi connectivity index (χ0v) is 9.17. The van der Waals surface area contributed by atoms with Gasteiger partial charge in [-0.3, -0.25) is 4.68 Å². The van der Waals surface area contributed by atoms with Crippen LogP contribution in [0.2, 0.25) is 5.15 Å². The average molecular weight is 211 g/mol. The molecule has 3 aliphatic rings. The highest BCUT2D eigenvalue weighted by molar-refractivity contribution is 6.29. The van der Waals surface area contributed by atoms with Gasteiger partial charge >= 0.3 is 0 Å². The van der Waals surface area contributed by atoms with Gasteiger partial charge in [-0.25, -0.2) is 0 Å². The van der Waals surface area contributed by atoms with E-state index >= 15 is 0 Å². The molecule has 0 radical (unpaired) electrons. The fourth-order valence-corrected chi connectivity index (χ4v) is 3.59. The standard InChI is InChI=1S/C11H15ClN2/c1-2-4-11-6-8(7-11)10(11)14-5-3-9(12)13-14/h3,5,8,10H,2,4,6-7H2,1H3. The predicted octanol–water partition coefficient (Wildman–Crippen LogP) is 3.29. The maximum absolute atomic E-state index is 5.84. The molecule has 1 heterocycles. The number of nitrogens with zero attached hydrogens (tertiary/aromatic N) is 2. The Kier molecular flexibility index (Phi) is 1.73. The van der Waals surface area contributed by atoms with Gasteiger partial charge in [0.2, 0.25) is 0 Å². The lowest BCUT2D eigenvalue weighted by molar-refractivity contribution is -0.186. The van der Waals surface area contributed by atoms with Crippen LogP contribution >= 0.6 is 11.6 Å². The lowest BCUT2D eigenvalue weighted by Crippen LogP contribution is -2.61. The van der Waals surface area contributed by atoms with Gasteiger partial charge in [0.1, 0.15) is 0 Å². The van der Waals surface area contributed by atoms with Crippen molar-refractivity contribution in [1.29, 1.82) is 0 Å². The first kappa shape index (κ1) is 8.78. The van der Waals surface area contributed by atoms with Crippen LogP contribution in [0, 0.1) is 11.3 Å². The second-order valence-electron chi connectivity index (χ2n) is 4.84. The van der Waals surface area contributed by atoms with Crippen LogP contribution in [0.3, 0.4) is 0 Å². The summed E-state index contributed by atoms with van der Waals surface area (Å²) in [4.78, 5) is 0. The summed E-state index contributed by atoms with van der Waals surface area (Å²) in [5.74, 6) is 0.887. The minimum absolute atomic E-state index is 0.592. The Hall–Kier alpha value is -0.500. The van der Waals surface area contributed by atoms with E-state index in [1.165, 1.54) is 25.7 Å². The molecule has 3 aliphatic carbocycles. The van der Waals surface area contributed by atoms with Crippen molar-refractivity contribution in [2.75, 3.05) is 0 Å². The first-order valence-corrected chi connectivity index (χ1v) is 5.84. The molecule has 0 saturated heterocycles. The van der Waals surface area contributed by atoms with Crippen LogP contribution < -0.4 is 0 Å². The van der Waals surface area contributed by atoms with Crippen molar-refractivity contribution >= 4 is 11.6 Å². The van der Waals surface area contributed by atoms with Crippen LogP contribution in [-0.4, -0.2) is 9.78 Å². The molecule has 1 aromatic heterocycles. The quantitative estimate of drug-likeness (QED) is 0.749. The van der Waals surface area contributed by atoms with Gasteiger partial charge in [-0.1, -0.05) is 24.9 Å². The van der Waals surface area contributed by atoms with Crippen LogP contribution in [0.1, 0.15) is 38.6 Å². The number of halogens is 1. The zero-order valence-electron chi connectivity index (χ0n) is 8.41. The summed E-state index contributed by atoms with van der Waals surface area (Å²) in [6.07, 6.45) is 7.51. The molecule has 0 aliphatic heterocycles. The maximum atomic E-state index is 5.84. The lowest BCUT2D eigenvalue weighted by atomic mass is 9.39. The number of hydrogen-bond acceptors (Lipinski definition) is 1. The Morgan fingerprint density at radius 1 is 1.64 bits per heavy atom. The summed E-state index contributed by atoms with van der Waals surface area (Å²) in [5, 5.41) is 4.95. The topological polar surface area (TPSA) is 17.8 Å². The second-order valence-corrected chi connectivity index (χ2v) is 5.23. The third kappa shape index (κ3) is 0.952. The van der Waals surface area contributed by atoms with Gasteiger partial charge in [-0.15, -0.1) is 0 Å². The highest BCUT2D eigenvalue weighted by Crippen LogP contribution is 2.73. The normalized spacial score (nSPS) is 39.0. The summed E-state index contributed by atoms with van der Waals surface area (Å²) >= 11 is 5.84. The molecule has 1 unspecified atom stereocenters. The fourth-order valence-electron chi connectivity index (χ4n) is 3.44. The van der Waals surface area contributed by atoms with Gasteiger partial charge in [-0.2, -0.15) is 5.10 Å². The van der Waals surface area contributed by atoms with E-state index in [0.29, 0.717) is 16.6 Å². The van der Waals surface area contributed by atoms with Gasteiger partial charge < -0.3 is 0 Å². The van der Waals surface area contributed by atoms with E-state index in [0.717, 1.165) is 5.92 Å². The molecule has 0 spiro atoms. The highest BCUT2D eigenvalue weighted by atomic mass is 35.5. The molecule has 0 N–H and O–H groups in total. The molecule has 0 amide bonds. The molecule has 76 valence electrons. The molecule has 14 heavy (non-hydrogen) atoms. The molecule has 0 aromatic carbocycles. The van der Waals surface area contributed by atoms with Crippen molar-refractivity contribution in [1.82, 2.24) is 9.78 Å². The van der Waals surface area contributed by atoms with Crippen LogP contribution in [0.25, 0.3) is 0 Å². The molecular formula is C11H15ClN2. The van der Waals surface area contributed by atoms with Gasteiger partial charge in [0.05, 0.1) is 6.04 Å². The third-order valence-electron chi connectivity index (χ3n) is 4.02. The van der Waals surface area contributed by atoms with E-state index in [2.05, 4.69) is 16.7 Å². The Labute approximate surface area is 89.2 Å². The minimum Gasteiger partial charge on any atom is -0.267 e. The van der Waals surface area contributed by atoms with E-state index in [9.17, 15) is 0 Å². The molecule has 1 atom stereocenters. The van der Waals surface area contributed by atoms with Gasteiger partial charge in [-0.05, 0) is 36.7 Å². The van der Waals surface area contributed by atoms with E-state index in [-0.39, 0.29) is 0 Å². The smallest absolute Gasteiger partial charge is 0.151 e. The number of rotatable bonds is 3. The van der Waals surface area contributed by atoms with Crippen LogP contribution in [0.15, 0.2) is 12.3 Å². The second kappa shape index (κ2) is 2.75. The molecule has 2 nitrogen and oxygen atoms in total. The van der Waals surface area contributed by atoms with E-state index in [1.54, 1.807) is 0 Å². The molecular weight excluding hydrogens is 196 g/mol. The van der Waals surface area contributed by atoms with E-state index < -0.39 is 0 Å². The predicted molar refractivity (Wildman–Crippen MR) is 56.3 cm³/mol. The summed E-state index contributed by atoms with van der Waals surface area (Å²) in [6, 6.07) is 2.55. The molecule has 3 fully saturated rings. The molecule has 1 aromatic rings. The van der Waals surface area contributed by atoms with Crippen molar-refractivity contribution in [3.63, 3.8) is 0 Å². The molecule has 3 saturated carbocycles. The van der Waals surface area contributed by atoms with Crippen molar-refractivity contribution < 1.29 is 0 Å². The Balaban J connectivity index is 1.82. The zero-order chi connectivity index (χ0) is 9.76. The summed E-state index contributed by atoms with van der Waals surface area (Å²) < 4.78 is 2.09. The van der Waals surface area contributed by atoms with Crippen LogP contribution in [-0.2, 0) is 0 Å². The summed E-state index contributed by atoms with van der Waals surface area (Å²) in [7, 11) is 0. The maximum Gasteiger partial charge on any atom is 0.151 e. The van der Waals surface area contributed by atoms with Crippen molar-refractivity contribution in [3.8, 4) is 0 Å².